The minimum atomic E-state index is -1.85. The van der Waals surface area contributed by atoms with Gasteiger partial charge in [-0.15, -0.1) is 0 Å². The summed E-state index contributed by atoms with van der Waals surface area (Å²) in [5.74, 6) is -4.23. The van der Waals surface area contributed by atoms with Crippen LogP contribution in [0.1, 0.15) is 72.3 Å². The molecule has 9 atom stereocenters. The molecule has 0 aliphatic carbocycles. The first-order valence-electron chi connectivity index (χ1n) is 24.3. The average Bonchev–Trinajstić information content (AvgIpc) is 3.96. The molecule has 0 radical (unpaired) electrons. The normalized spacial score (nSPS) is 26.8. The average molecular weight is 1060 g/mol. The van der Waals surface area contributed by atoms with Gasteiger partial charge in [0.25, 0.3) is 11.8 Å². The first kappa shape index (κ1) is 58.5. The molecule has 2 fully saturated rings. The number of fused-ring (bicyclic) bond motifs is 5. The lowest BCUT2D eigenvalue weighted by atomic mass is 9.83. The maximum absolute atomic E-state index is 14.4. The van der Waals surface area contributed by atoms with Crippen LogP contribution in [-0.2, 0) is 63.7 Å². The van der Waals surface area contributed by atoms with Crippen LogP contribution in [0.15, 0.2) is 48.1 Å². The Bertz CT molecular complexity index is 2400. The van der Waals surface area contributed by atoms with Crippen LogP contribution < -0.4 is 36.2 Å². The Kier molecular flexibility index (Phi) is 20.3. The largest absolute Gasteiger partial charge is 0.495 e. The van der Waals surface area contributed by atoms with E-state index in [1.807, 2.05) is 26.0 Å². The summed E-state index contributed by atoms with van der Waals surface area (Å²) in [5, 5.41) is 24.2. The summed E-state index contributed by atoms with van der Waals surface area (Å²) in [6.07, 6.45) is 2.82. The maximum atomic E-state index is 14.4. The second-order valence-electron chi connectivity index (χ2n) is 19.1. The van der Waals surface area contributed by atoms with Gasteiger partial charge in [-0.3, -0.25) is 48.6 Å². The number of rotatable bonds is 19. The van der Waals surface area contributed by atoms with Crippen LogP contribution in [0.3, 0.4) is 0 Å². The molecule has 9 unspecified atom stereocenters. The lowest BCUT2D eigenvalue weighted by Gasteiger charge is -2.42. The topological polar surface area (TPSA) is 293 Å². The van der Waals surface area contributed by atoms with E-state index in [4.69, 9.17) is 35.3 Å². The fourth-order valence-electron chi connectivity index (χ4n) is 8.89. The van der Waals surface area contributed by atoms with Gasteiger partial charge in [0.05, 0.1) is 63.2 Å². The quantitative estimate of drug-likeness (QED) is 0.0831. The lowest BCUT2D eigenvalue weighted by molar-refractivity contribution is -0.143. The highest BCUT2D eigenvalue weighted by Gasteiger charge is 2.64. The number of aliphatic hydroxyl groups is 1. The molecule has 2 saturated heterocycles. The van der Waals surface area contributed by atoms with Crippen LogP contribution in [0.2, 0.25) is 5.02 Å². The van der Waals surface area contributed by atoms with Crippen LogP contribution in [0, 0.1) is 5.92 Å². The fourth-order valence-corrected chi connectivity index (χ4v) is 9.21. The van der Waals surface area contributed by atoms with Crippen molar-refractivity contribution < 1.29 is 71.9 Å². The van der Waals surface area contributed by atoms with Gasteiger partial charge < -0.3 is 59.9 Å². The van der Waals surface area contributed by atoms with Gasteiger partial charge >= 0.3 is 6.09 Å². The highest BCUT2D eigenvalue weighted by atomic mass is 35.5. The Balaban J connectivity index is 1.16. The number of imide groups is 1. The number of allylic oxidation sites excluding steroid dienone is 3. The zero-order valence-corrected chi connectivity index (χ0v) is 44.0. The van der Waals surface area contributed by atoms with Crippen LogP contribution in [0.5, 0.6) is 5.75 Å². The zero-order chi connectivity index (χ0) is 54.7. The van der Waals surface area contributed by atoms with Crippen molar-refractivity contribution in [1.82, 2.24) is 36.4 Å². The van der Waals surface area contributed by atoms with Crippen molar-refractivity contribution in [3.8, 4) is 5.75 Å². The van der Waals surface area contributed by atoms with Gasteiger partial charge in [-0.1, -0.05) is 42.3 Å². The second kappa shape index (κ2) is 25.7. The SMILES string of the molecule is COc1cc2cc(c1Cl)N(C)C(=O)CC(OC(C)C(C)N(C)C(=O)CCCC(=O)NCC(=O)NCC(=O)NCC(=O)NCCN1C(=O)C=CC1=O)C1(C)OC1C(C)C1CC(O)(NC(=O)O1)C(OC)/C=C/C=C(\C)C2. The number of hydrogen-bond acceptors (Lipinski definition) is 15. The minimum Gasteiger partial charge on any atom is -0.495 e. The molecule has 4 heterocycles. The zero-order valence-electron chi connectivity index (χ0n) is 43.2. The molecule has 0 aromatic heterocycles. The molecule has 24 heteroatoms. The Morgan fingerprint density at radius 3 is 2.20 bits per heavy atom. The summed E-state index contributed by atoms with van der Waals surface area (Å²) in [4.78, 5) is 117. The van der Waals surface area contributed by atoms with E-state index >= 15 is 0 Å². The van der Waals surface area contributed by atoms with Gasteiger partial charge in [0.1, 0.15) is 28.6 Å². The number of benzene rings is 1. The smallest absolute Gasteiger partial charge is 0.409 e. The van der Waals surface area contributed by atoms with Gasteiger partial charge in [-0.25, -0.2) is 4.79 Å². The second-order valence-corrected chi connectivity index (χ2v) is 19.4. The summed E-state index contributed by atoms with van der Waals surface area (Å²) in [5.41, 5.74) is -0.850. The standard InChI is InChI=1S/C50H69ClN8O15/c1-28-12-10-13-36(71-9)50(69)24-35(73-48(68)56-50)29(2)47-49(5,74-47)37(23-45(67)58(7)33-21-32(20-28)22-34(70-8)46(33)51)72-31(4)30(3)57(6)42(64)15-11-14-38(60)53-26-40(62)55-27-41(63)54-25-39(61)52-18-19-59-43(65)16-17-44(59)66/h10,12-13,16-17,21-22,29-31,35-37,47,69H,11,14-15,18-20,23-27H2,1-9H3,(H,52,61)(H,53,60)(H,54,63)(H,55,62)(H,56,68)/b13-10+,28-12+. The van der Waals surface area contributed by atoms with E-state index in [-0.39, 0.29) is 62.0 Å². The van der Waals surface area contributed by atoms with E-state index < -0.39 is 115 Å². The summed E-state index contributed by atoms with van der Waals surface area (Å²) < 4.78 is 30.2. The Morgan fingerprint density at radius 2 is 1.58 bits per heavy atom. The van der Waals surface area contributed by atoms with E-state index in [1.54, 1.807) is 53.1 Å². The highest BCUT2D eigenvalue weighted by molar-refractivity contribution is 6.35. The maximum Gasteiger partial charge on any atom is 0.409 e. The first-order chi connectivity index (χ1) is 34.9. The molecule has 406 valence electrons. The molecule has 4 bridgehead atoms. The summed E-state index contributed by atoms with van der Waals surface area (Å²) in [6, 6.07) is 3.04. The third-order valence-corrected chi connectivity index (χ3v) is 14.1. The molecule has 23 nitrogen and oxygen atoms in total. The van der Waals surface area contributed by atoms with Gasteiger partial charge in [-0.2, -0.15) is 0 Å². The van der Waals surface area contributed by atoms with E-state index in [0.29, 0.717) is 17.9 Å². The van der Waals surface area contributed by atoms with E-state index in [0.717, 1.165) is 28.2 Å². The van der Waals surface area contributed by atoms with Crippen molar-refractivity contribution in [2.75, 3.05) is 65.9 Å². The van der Waals surface area contributed by atoms with Crippen molar-refractivity contribution in [3.63, 3.8) is 0 Å². The molecule has 0 saturated carbocycles. The molecule has 9 amide bonds. The van der Waals surface area contributed by atoms with Gasteiger partial charge in [0, 0.05) is 71.6 Å². The van der Waals surface area contributed by atoms with Crippen LogP contribution in [0.4, 0.5) is 10.5 Å². The number of halogens is 1. The van der Waals surface area contributed by atoms with Crippen LogP contribution in [0.25, 0.3) is 0 Å². The molecule has 4 aliphatic heterocycles. The highest BCUT2D eigenvalue weighted by Crippen LogP contribution is 2.49. The number of amides is 9. The van der Waals surface area contributed by atoms with Crippen molar-refractivity contribution >= 4 is 70.6 Å². The van der Waals surface area contributed by atoms with Crippen molar-refractivity contribution in [2.45, 2.75) is 121 Å². The predicted octanol–water partition coefficient (Wildman–Crippen LogP) is 0.937. The monoisotopic (exact) mass is 1060 g/mol. The molecule has 1 aromatic rings. The van der Waals surface area contributed by atoms with Crippen molar-refractivity contribution in [2.24, 2.45) is 5.92 Å². The summed E-state index contributed by atoms with van der Waals surface area (Å²) in [7, 11) is 6.11. The number of ether oxygens (including phenoxy) is 5. The van der Waals surface area contributed by atoms with Gasteiger partial charge in [-0.05, 0) is 58.2 Å². The first-order valence-corrected chi connectivity index (χ1v) is 24.7. The number of carbonyl (C=O) groups excluding carboxylic acids is 9. The molecular weight excluding hydrogens is 988 g/mol. The molecular formula is C50H69ClN8O15. The molecule has 6 N–H and O–H groups in total. The number of nitrogens with zero attached hydrogens (tertiary/aromatic N) is 3. The summed E-state index contributed by atoms with van der Waals surface area (Å²) in [6.45, 7) is 7.70. The van der Waals surface area contributed by atoms with E-state index in [9.17, 15) is 48.3 Å². The number of carbonyl (C=O) groups is 9. The van der Waals surface area contributed by atoms with Gasteiger partial charge in [0.15, 0.2) is 5.72 Å². The number of alkyl carbamates (subject to hydrolysis) is 1. The molecule has 1 aromatic carbocycles. The number of nitrogens with one attached hydrogen (secondary N) is 5. The van der Waals surface area contributed by atoms with Crippen LogP contribution in [-0.4, -0.2) is 177 Å². The molecule has 5 rings (SSSR count). The third-order valence-electron chi connectivity index (χ3n) is 13.7. The fraction of sp³-hybridized carbons (Fsp3) is 0.580. The lowest BCUT2D eigenvalue weighted by Crippen LogP contribution is -2.63. The Hall–Kier alpha value is -6.40. The number of hydrogen-bond donors (Lipinski definition) is 6. The third kappa shape index (κ3) is 15.1. The Morgan fingerprint density at radius 1 is 0.959 bits per heavy atom. The van der Waals surface area contributed by atoms with E-state index in [2.05, 4.69) is 26.6 Å². The minimum absolute atomic E-state index is 0.0162. The van der Waals surface area contributed by atoms with E-state index in [1.165, 1.54) is 24.0 Å². The predicted molar refractivity (Wildman–Crippen MR) is 267 cm³/mol. The van der Waals surface area contributed by atoms with Crippen molar-refractivity contribution in [1.29, 1.82) is 0 Å². The number of anilines is 1. The van der Waals surface area contributed by atoms with Gasteiger partial charge in [0.2, 0.25) is 35.4 Å². The molecule has 0 spiro atoms. The molecule has 4 aliphatic rings. The van der Waals surface area contributed by atoms with Crippen molar-refractivity contribution in [3.05, 3.63) is 58.7 Å². The number of epoxide rings is 1. The number of likely N-dealkylation sites (N-methyl/N-ethyl adjacent to an activating group) is 1. The number of methoxy groups -OCH3 is 2. The summed E-state index contributed by atoms with van der Waals surface area (Å²) >= 11 is 6.84. The molecule has 74 heavy (non-hydrogen) atoms. The van der Waals surface area contributed by atoms with Crippen LogP contribution >= 0.6 is 11.6 Å². The Labute approximate surface area is 435 Å².